The van der Waals surface area contributed by atoms with Crippen LogP contribution in [0.5, 0.6) is 11.5 Å². The first kappa shape index (κ1) is 20.6. The third-order valence-corrected chi connectivity index (χ3v) is 5.44. The molecule has 0 aliphatic heterocycles. The lowest BCUT2D eigenvalue weighted by molar-refractivity contribution is -0.140. The summed E-state index contributed by atoms with van der Waals surface area (Å²) in [7, 11) is 1.55. The van der Waals surface area contributed by atoms with E-state index in [2.05, 4.69) is 4.99 Å². The Bertz CT molecular complexity index is 1100. The first-order chi connectivity index (χ1) is 14.0. The van der Waals surface area contributed by atoms with Crippen molar-refractivity contribution in [3.63, 3.8) is 0 Å². The van der Waals surface area contributed by atoms with E-state index in [4.69, 9.17) is 9.47 Å². The van der Waals surface area contributed by atoms with Crippen molar-refractivity contribution in [3.8, 4) is 11.5 Å². The molecule has 1 heterocycles. The van der Waals surface area contributed by atoms with Gasteiger partial charge in [0.05, 0.1) is 23.9 Å². The molecule has 0 bridgehead atoms. The summed E-state index contributed by atoms with van der Waals surface area (Å²) in [5.74, 6) is -0.0960. The number of carbonyl (C=O) groups excluding carboxylic acids is 1. The largest absolute Gasteiger partial charge is 0.497 e. The van der Waals surface area contributed by atoms with Crippen molar-refractivity contribution in [1.82, 2.24) is 4.57 Å². The zero-order valence-corrected chi connectivity index (χ0v) is 17.2. The van der Waals surface area contributed by atoms with Crippen LogP contribution in [0, 0.1) is 0 Å². The predicted molar refractivity (Wildman–Crippen MR) is 111 cm³/mol. The number of nitrogens with zero attached hydrogens (tertiary/aromatic N) is 2. The number of carboxylic acid groups (broad SMARTS) is 1. The molecule has 152 valence electrons. The van der Waals surface area contributed by atoms with E-state index in [0.29, 0.717) is 40.4 Å². The number of thiazole rings is 1. The second-order valence-electron chi connectivity index (χ2n) is 6.22. The number of methoxy groups -OCH3 is 1. The third kappa shape index (κ3) is 4.32. The first-order valence-electron chi connectivity index (χ1n) is 9.22. The molecule has 0 radical (unpaired) electrons. The molecule has 7 nitrogen and oxygen atoms in total. The van der Waals surface area contributed by atoms with Gasteiger partial charge in [-0.15, -0.1) is 0 Å². The van der Waals surface area contributed by atoms with Crippen molar-refractivity contribution in [3.05, 3.63) is 52.8 Å². The highest BCUT2D eigenvalue weighted by molar-refractivity contribution is 7.16. The zero-order chi connectivity index (χ0) is 21.0. The molecule has 1 unspecified atom stereocenters. The summed E-state index contributed by atoms with van der Waals surface area (Å²) < 4.78 is 13.1. The minimum Gasteiger partial charge on any atom is -0.497 e. The van der Waals surface area contributed by atoms with Gasteiger partial charge in [0, 0.05) is 5.56 Å². The second-order valence-corrected chi connectivity index (χ2v) is 7.23. The molecule has 1 aromatic heterocycles. The van der Waals surface area contributed by atoms with E-state index in [9.17, 15) is 14.7 Å². The molecule has 0 saturated carbocycles. The molecule has 29 heavy (non-hydrogen) atoms. The van der Waals surface area contributed by atoms with Crippen LogP contribution in [-0.4, -0.2) is 35.3 Å². The molecule has 0 spiro atoms. The van der Waals surface area contributed by atoms with E-state index in [1.807, 2.05) is 13.0 Å². The fraction of sp³-hybridized carbons (Fsp3) is 0.286. The quantitative estimate of drug-likeness (QED) is 0.633. The Hall–Kier alpha value is -3.13. The number of carbonyl (C=O) groups is 2. The number of aliphatic carboxylic acids is 1. The van der Waals surface area contributed by atoms with Crippen LogP contribution in [-0.2, 0) is 4.79 Å². The molecule has 3 rings (SSSR count). The van der Waals surface area contributed by atoms with Crippen LogP contribution >= 0.6 is 11.3 Å². The van der Waals surface area contributed by atoms with Crippen LogP contribution in [0.2, 0.25) is 0 Å². The maximum Gasteiger partial charge on any atom is 0.326 e. The lowest BCUT2D eigenvalue weighted by atomic mass is 10.2. The fourth-order valence-electron chi connectivity index (χ4n) is 3.01. The van der Waals surface area contributed by atoms with E-state index in [0.717, 1.165) is 4.70 Å². The SMILES string of the molecule is CCOc1ccc2c(c1)sc(=NC(=O)c1ccc(OC)cc1)n2C(CC)C(=O)O. The maximum absolute atomic E-state index is 12.7. The van der Waals surface area contributed by atoms with Gasteiger partial charge in [-0.3, -0.25) is 4.79 Å². The fourth-order valence-corrected chi connectivity index (χ4v) is 4.11. The van der Waals surface area contributed by atoms with E-state index >= 15 is 0 Å². The Morgan fingerprint density at radius 3 is 2.41 bits per heavy atom. The summed E-state index contributed by atoms with van der Waals surface area (Å²) in [5, 5.41) is 9.70. The van der Waals surface area contributed by atoms with E-state index in [1.165, 1.54) is 11.3 Å². The molecule has 1 amide bonds. The topological polar surface area (TPSA) is 90.1 Å². The van der Waals surface area contributed by atoms with Crippen LogP contribution < -0.4 is 14.3 Å². The first-order valence-corrected chi connectivity index (χ1v) is 10.0. The maximum atomic E-state index is 12.7. The smallest absolute Gasteiger partial charge is 0.326 e. The number of hydrogen-bond donors (Lipinski definition) is 1. The molecule has 1 N–H and O–H groups in total. The normalized spacial score (nSPS) is 12.7. The highest BCUT2D eigenvalue weighted by Gasteiger charge is 2.22. The summed E-state index contributed by atoms with van der Waals surface area (Å²) in [6.45, 7) is 4.21. The monoisotopic (exact) mass is 414 g/mol. The van der Waals surface area contributed by atoms with Gasteiger partial charge in [-0.25, -0.2) is 4.79 Å². The van der Waals surface area contributed by atoms with Crippen LogP contribution in [0.3, 0.4) is 0 Å². The summed E-state index contributed by atoms with van der Waals surface area (Å²) >= 11 is 1.26. The van der Waals surface area contributed by atoms with Gasteiger partial charge < -0.3 is 19.1 Å². The van der Waals surface area contributed by atoms with Gasteiger partial charge in [0.15, 0.2) is 4.80 Å². The van der Waals surface area contributed by atoms with Gasteiger partial charge >= 0.3 is 5.97 Å². The summed E-state index contributed by atoms with van der Waals surface area (Å²) in [5.41, 5.74) is 1.10. The Kier molecular flexibility index (Phi) is 6.33. The van der Waals surface area contributed by atoms with Crippen molar-refractivity contribution in [1.29, 1.82) is 0 Å². The average molecular weight is 414 g/mol. The van der Waals surface area contributed by atoms with E-state index < -0.39 is 17.9 Å². The summed E-state index contributed by atoms with van der Waals surface area (Å²) in [6.07, 6.45) is 0.359. The van der Waals surface area contributed by atoms with Crippen molar-refractivity contribution in [2.24, 2.45) is 4.99 Å². The van der Waals surface area contributed by atoms with Crippen LogP contribution in [0.4, 0.5) is 0 Å². The Balaban J connectivity index is 2.16. The van der Waals surface area contributed by atoms with Gasteiger partial charge in [0.2, 0.25) is 0 Å². The average Bonchev–Trinajstić information content (AvgIpc) is 3.05. The van der Waals surface area contributed by atoms with Gasteiger partial charge in [0.1, 0.15) is 17.5 Å². The van der Waals surface area contributed by atoms with Crippen molar-refractivity contribution in [2.45, 2.75) is 26.3 Å². The van der Waals surface area contributed by atoms with Gasteiger partial charge in [-0.1, -0.05) is 18.3 Å². The number of benzene rings is 2. The number of aromatic nitrogens is 1. The van der Waals surface area contributed by atoms with Gasteiger partial charge in [-0.05, 0) is 55.8 Å². The number of amides is 1. The number of ether oxygens (including phenoxy) is 2. The van der Waals surface area contributed by atoms with Crippen LogP contribution in [0.15, 0.2) is 47.5 Å². The number of rotatable bonds is 7. The third-order valence-electron chi connectivity index (χ3n) is 4.43. The summed E-state index contributed by atoms with van der Waals surface area (Å²) in [6, 6.07) is 11.2. The molecular formula is C21H22N2O5S. The Morgan fingerprint density at radius 1 is 1.14 bits per heavy atom. The molecular weight excluding hydrogens is 392 g/mol. The van der Waals surface area contributed by atoms with E-state index in [1.54, 1.807) is 55.0 Å². The molecule has 0 aliphatic carbocycles. The standard InChI is InChI=1S/C21H22N2O5S/c1-4-16(20(25)26)23-17-11-10-15(28-5-2)12-18(17)29-21(23)22-19(24)13-6-8-14(27-3)9-7-13/h6-12,16H,4-5H2,1-3H3,(H,25,26). The number of hydrogen-bond acceptors (Lipinski definition) is 5. The van der Waals surface area contributed by atoms with E-state index in [-0.39, 0.29) is 0 Å². The molecule has 0 aliphatic rings. The Labute approximate surface area is 171 Å². The van der Waals surface area contributed by atoms with Crippen molar-refractivity contribution < 1.29 is 24.2 Å². The second kappa shape index (κ2) is 8.91. The molecule has 3 aromatic rings. The molecule has 0 saturated heterocycles. The highest BCUT2D eigenvalue weighted by atomic mass is 32.1. The predicted octanol–water partition coefficient (Wildman–Crippen LogP) is 3.89. The van der Waals surface area contributed by atoms with Crippen LogP contribution in [0.1, 0.15) is 36.7 Å². The lowest BCUT2D eigenvalue weighted by Crippen LogP contribution is -2.27. The van der Waals surface area contributed by atoms with Crippen LogP contribution in [0.25, 0.3) is 10.2 Å². The minimum absolute atomic E-state index is 0.337. The highest BCUT2D eigenvalue weighted by Crippen LogP contribution is 2.27. The zero-order valence-electron chi connectivity index (χ0n) is 16.4. The number of carboxylic acids is 1. The minimum atomic E-state index is -0.973. The number of fused-ring (bicyclic) bond motifs is 1. The Morgan fingerprint density at radius 2 is 1.83 bits per heavy atom. The molecule has 2 aromatic carbocycles. The molecule has 8 heteroatoms. The lowest BCUT2D eigenvalue weighted by Gasteiger charge is -2.13. The van der Waals surface area contributed by atoms with Crippen molar-refractivity contribution >= 4 is 33.4 Å². The van der Waals surface area contributed by atoms with Crippen molar-refractivity contribution in [2.75, 3.05) is 13.7 Å². The molecule has 0 fully saturated rings. The van der Waals surface area contributed by atoms with Gasteiger partial charge in [0.25, 0.3) is 5.91 Å². The summed E-state index contributed by atoms with van der Waals surface area (Å²) in [4.78, 5) is 29.1. The molecule has 1 atom stereocenters. The van der Waals surface area contributed by atoms with Gasteiger partial charge in [-0.2, -0.15) is 4.99 Å².